The molecular formula is C13H18N4O. The van der Waals surface area contributed by atoms with Crippen molar-refractivity contribution in [3.05, 3.63) is 18.3 Å². The summed E-state index contributed by atoms with van der Waals surface area (Å²) >= 11 is 0. The summed E-state index contributed by atoms with van der Waals surface area (Å²) in [6, 6.07) is 4.08. The van der Waals surface area contributed by atoms with Crippen molar-refractivity contribution in [3.63, 3.8) is 0 Å². The first kappa shape index (κ1) is 11.3. The molecule has 0 spiro atoms. The van der Waals surface area contributed by atoms with Crippen LogP contribution in [-0.2, 0) is 4.79 Å². The number of rotatable bonds is 1. The van der Waals surface area contributed by atoms with Crippen LogP contribution in [0.3, 0.4) is 0 Å². The van der Waals surface area contributed by atoms with E-state index in [0.29, 0.717) is 18.4 Å². The highest BCUT2D eigenvalue weighted by atomic mass is 16.1. The molecule has 0 aromatic carbocycles. The molecule has 2 fully saturated rings. The van der Waals surface area contributed by atoms with Gasteiger partial charge in [0.05, 0.1) is 5.69 Å². The zero-order chi connectivity index (χ0) is 12.5. The minimum atomic E-state index is 0.196. The van der Waals surface area contributed by atoms with Crippen LogP contribution < -0.4 is 16.0 Å². The Bertz CT molecular complexity index is 462. The molecule has 0 radical (unpaired) electrons. The van der Waals surface area contributed by atoms with E-state index in [9.17, 15) is 4.79 Å². The van der Waals surface area contributed by atoms with Crippen molar-refractivity contribution in [2.24, 2.45) is 5.92 Å². The van der Waals surface area contributed by atoms with Crippen LogP contribution in [0.15, 0.2) is 18.3 Å². The van der Waals surface area contributed by atoms with Crippen LogP contribution in [0.25, 0.3) is 0 Å². The topological polar surface area (TPSA) is 71.2 Å². The maximum absolute atomic E-state index is 11.4. The molecule has 3 N–H and O–H groups in total. The van der Waals surface area contributed by atoms with Gasteiger partial charge in [0.1, 0.15) is 0 Å². The average molecular weight is 246 g/mol. The van der Waals surface area contributed by atoms with E-state index >= 15 is 0 Å². The summed E-state index contributed by atoms with van der Waals surface area (Å²) in [6.07, 6.45) is 4.37. The molecular weight excluding hydrogens is 228 g/mol. The zero-order valence-corrected chi connectivity index (χ0v) is 10.3. The number of nitrogens with zero attached hydrogens (tertiary/aromatic N) is 2. The molecule has 2 saturated heterocycles. The first-order valence-electron chi connectivity index (χ1n) is 6.49. The predicted octanol–water partition coefficient (Wildman–Crippen LogP) is 0.769. The summed E-state index contributed by atoms with van der Waals surface area (Å²) in [5.41, 5.74) is 6.70. The summed E-state index contributed by atoms with van der Waals surface area (Å²) in [5, 5.41) is 3.09. The van der Waals surface area contributed by atoms with Crippen LogP contribution in [0.5, 0.6) is 0 Å². The van der Waals surface area contributed by atoms with E-state index in [0.717, 1.165) is 37.4 Å². The maximum atomic E-state index is 11.4. The molecule has 2 aliphatic heterocycles. The van der Waals surface area contributed by atoms with E-state index in [4.69, 9.17) is 5.73 Å². The second kappa shape index (κ2) is 4.48. The van der Waals surface area contributed by atoms with Gasteiger partial charge < -0.3 is 16.0 Å². The van der Waals surface area contributed by atoms with Crippen molar-refractivity contribution in [2.45, 2.75) is 25.3 Å². The van der Waals surface area contributed by atoms with Crippen LogP contribution in [0.2, 0.25) is 0 Å². The van der Waals surface area contributed by atoms with Crippen molar-refractivity contribution in [1.29, 1.82) is 0 Å². The molecule has 0 bridgehead atoms. The molecule has 2 aliphatic rings. The Balaban J connectivity index is 1.75. The fourth-order valence-corrected chi connectivity index (χ4v) is 2.98. The van der Waals surface area contributed by atoms with Crippen LogP contribution in [-0.4, -0.2) is 30.0 Å². The number of amides is 1. The van der Waals surface area contributed by atoms with Gasteiger partial charge in [-0.1, -0.05) is 0 Å². The van der Waals surface area contributed by atoms with Crippen molar-refractivity contribution in [1.82, 2.24) is 10.3 Å². The quantitative estimate of drug-likeness (QED) is 0.767. The van der Waals surface area contributed by atoms with E-state index in [-0.39, 0.29) is 5.91 Å². The fraction of sp³-hybridized carbons (Fsp3) is 0.538. The lowest BCUT2D eigenvalue weighted by Gasteiger charge is -2.42. The number of carbonyl (C=O) groups is 1. The van der Waals surface area contributed by atoms with Gasteiger partial charge in [-0.2, -0.15) is 0 Å². The molecule has 1 aromatic rings. The third-order valence-corrected chi connectivity index (χ3v) is 3.94. The molecule has 3 heterocycles. The van der Waals surface area contributed by atoms with Gasteiger partial charge in [-0.3, -0.25) is 4.79 Å². The van der Waals surface area contributed by atoms with E-state index < -0.39 is 0 Å². The SMILES string of the molecule is Nc1cccnc1N1CCC2NC(=O)CCC2C1. The Hall–Kier alpha value is -1.78. The number of hydrogen-bond donors (Lipinski definition) is 2. The summed E-state index contributed by atoms with van der Waals surface area (Å²) < 4.78 is 0. The lowest BCUT2D eigenvalue weighted by Crippen LogP contribution is -2.54. The second-order valence-corrected chi connectivity index (χ2v) is 5.12. The van der Waals surface area contributed by atoms with Crippen molar-refractivity contribution >= 4 is 17.4 Å². The van der Waals surface area contributed by atoms with Gasteiger partial charge in [0.15, 0.2) is 5.82 Å². The minimum Gasteiger partial charge on any atom is -0.396 e. The Morgan fingerprint density at radius 1 is 1.44 bits per heavy atom. The van der Waals surface area contributed by atoms with E-state index in [2.05, 4.69) is 15.2 Å². The number of carbonyl (C=O) groups excluding carboxylic acids is 1. The number of pyridine rings is 1. The van der Waals surface area contributed by atoms with E-state index in [1.807, 2.05) is 12.1 Å². The number of nitrogens with two attached hydrogens (primary N) is 1. The molecule has 18 heavy (non-hydrogen) atoms. The van der Waals surface area contributed by atoms with Crippen molar-refractivity contribution in [2.75, 3.05) is 23.7 Å². The van der Waals surface area contributed by atoms with Gasteiger partial charge in [-0.15, -0.1) is 0 Å². The molecule has 1 aromatic heterocycles. The molecule has 1 amide bonds. The molecule has 0 aliphatic carbocycles. The van der Waals surface area contributed by atoms with Gasteiger partial charge >= 0.3 is 0 Å². The first-order chi connectivity index (χ1) is 8.74. The summed E-state index contributed by atoms with van der Waals surface area (Å²) in [5.74, 6) is 1.60. The summed E-state index contributed by atoms with van der Waals surface area (Å²) in [4.78, 5) is 18.0. The number of aromatic nitrogens is 1. The molecule has 2 atom stereocenters. The third-order valence-electron chi connectivity index (χ3n) is 3.94. The number of nitrogens with one attached hydrogen (secondary N) is 1. The van der Waals surface area contributed by atoms with E-state index in [1.165, 1.54) is 0 Å². The van der Waals surface area contributed by atoms with Crippen molar-refractivity contribution < 1.29 is 4.79 Å². The lowest BCUT2D eigenvalue weighted by molar-refractivity contribution is -0.124. The standard InChI is InChI=1S/C13H18N4O/c14-10-2-1-6-15-13(10)17-7-5-11-9(8-17)3-4-12(18)16-11/h1-2,6,9,11H,3-5,7-8,14H2,(H,16,18). The van der Waals surface area contributed by atoms with Gasteiger partial charge in [-0.05, 0) is 30.9 Å². The zero-order valence-electron chi connectivity index (χ0n) is 10.3. The molecule has 2 unspecified atom stereocenters. The van der Waals surface area contributed by atoms with Gasteiger partial charge in [0.2, 0.25) is 5.91 Å². The molecule has 0 saturated carbocycles. The first-order valence-corrected chi connectivity index (χ1v) is 6.49. The molecule has 3 rings (SSSR count). The van der Waals surface area contributed by atoms with E-state index in [1.54, 1.807) is 6.20 Å². The van der Waals surface area contributed by atoms with Crippen LogP contribution in [0.1, 0.15) is 19.3 Å². The Morgan fingerprint density at radius 2 is 2.33 bits per heavy atom. The Morgan fingerprint density at radius 3 is 3.17 bits per heavy atom. The average Bonchev–Trinajstić information content (AvgIpc) is 2.39. The number of anilines is 2. The Labute approximate surface area is 106 Å². The summed E-state index contributed by atoms with van der Waals surface area (Å²) in [7, 11) is 0. The maximum Gasteiger partial charge on any atom is 0.220 e. The largest absolute Gasteiger partial charge is 0.396 e. The molecule has 96 valence electrons. The molecule has 5 nitrogen and oxygen atoms in total. The van der Waals surface area contributed by atoms with Gasteiger partial charge in [-0.25, -0.2) is 4.98 Å². The van der Waals surface area contributed by atoms with Gasteiger partial charge in [0, 0.05) is 31.7 Å². The van der Waals surface area contributed by atoms with Crippen LogP contribution >= 0.6 is 0 Å². The smallest absolute Gasteiger partial charge is 0.220 e. The summed E-state index contributed by atoms with van der Waals surface area (Å²) in [6.45, 7) is 1.84. The monoisotopic (exact) mass is 246 g/mol. The lowest BCUT2D eigenvalue weighted by atomic mass is 9.85. The normalized spacial score (nSPS) is 27.6. The minimum absolute atomic E-state index is 0.196. The number of piperidine rings is 2. The molecule has 5 heteroatoms. The van der Waals surface area contributed by atoms with Crippen molar-refractivity contribution in [3.8, 4) is 0 Å². The second-order valence-electron chi connectivity index (χ2n) is 5.12. The van der Waals surface area contributed by atoms with Crippen LogP contribution in [0, 0.1) is 5.92 Å². The van der Waals surface area contributed by atoms with Gasteiger partial charge in [0.25, 0.3) is 0 Å². The third kappa shape index (κ3) is 2.00. The fourth-order valence-electron chi connectivity index (χ4n) is 2.98. The highest BCUT2D eigenvalue weighted by molar-refractivity contribution is 5.77. The highest BCUT2D eigenvalue weighted by Crippen LogP contribution is 2.29. The predicted molar refractivity (Wildman–Crippen MR) is 70.1 cm³/mol. The number of hydrogen-bond acceptors (Lipinski definition) is 4. The number of nitrogen functional groups attached to an aromatic ring is 1. The Kier molecular flexibility index (Phi) is 2.81. The highest BCUT2D eigenvalue weighted by Gasteiger charge is 2.34. The number of fused-ring (bicyclic) bond motifs is 1. The van der Waals surface area contributed by atoms with Crippen LogP contribution in [0.4, 0.5) is 11.5 Å².